The SMILES string of the molecule is NC(=O)c1ccc(NCCCc2ncn[nH]2)c([N+](=O)[O-])c1. The van der Waals surface area contributed by atoms with Crippen LogP contribution < -0.4 is 11.1 Å². The smallest absolute Gasteiger partial charge is 0.293 e. The Morgan fingerprint density at radius 2 is 2.29 bits per heavy atom. The van der Waals surface area contributed by atoms with E-state index in [2.05, 4.69) is 20.5 Å². The van der Waals surface area contributed by atoms with Gasteiger partial charge in [-0.2, -0.15) is 5.10 Å². The fourth-order valence-corrected chi connectivity index (χ4v) is 1.82. The van der Waals surface area contributed by atoms with Gasteiger partial charge in [0.2, 0.25) is 5.91 Å². The Morgan fingerprint density at radius 1 is 1.48 bits per heavy atom. The van der Waals surface area contributed by atoms with Crippen molar-refractivity contribution in [2.24, 2.45) is 5.73 Å². The molecule has 9 nitrogen and oxygen atoms in total. The number of carbonyl (C=O) groups excluding carboxylic acids is 1. The van der Waals surface area contributed by atoms with Crippen molar-refractivity contribution < 1.29 is 9.72 Å². The van der Waals surface area contributed by atoms with Crippen LogP contribution in [0.1, 0.15) is 22.6 Å². The maximum Gasteiger partial charge on any atom is 0.293 e. The Morgan fingerprint density at radius 3 is 2.90 bits per heavy atom. The van der Waals surface area contributed by atoms with Gasteiger partial charge in [0.15, 0.2) is 0 Å². The highest BCUT2D eigenvalue weighted by atomic mass is 16.6. The molecule has 0 aliphatic heterocycles. The lowest BCUT2D eigenvalue weighted by atomic mass is 10.1. The first-order valence-corrected chi connectivity index (χ1v) is 6.24. The Hall–Kier alpha value is -2.97. The predicted molar refractivity (Wildman–Crippen MR) is 74.8 cm³/mol. The van der Waals surface area contributed by atoms with Crippen LogP contribution in [0.4, 0.5) is 11.4 Å². The van der Waals surface area contributed by atoms with Crippen molar-refractivity contribution in [3.63, 3.8) is 0 Å². The molecular weight excluding hydrogens is 276 g/mol. The number of hydrogen-bond acceptors (Lipinski definition) is 6. The average Bonchev–Trinajstić information content (AvgIpc) is 2.96. The number of aromatic nitrogens is 3. The van der Waals surface area contributed by atoms with Crippen LogP contribution in [0.5, 0.6) is 0 Å². The summed E-state index contributed by atoms with van der Waals surface area (Å²) in [5, 5.41) is 20.4. The number of nitrogens with two attached hydrogens (primary N) is 1. The van der Waals surface area contributed by atoms with E-state index in [1.54, 1.807) is 0 Å². The minimum atomic E-state index is -0.699. The van der Waals surface area contributed by atoms with Gasteiger partial charge in [0, 0.05) is 24.6 Å². The second kappa shape index (κ2) is 6.46. The zero-order valence-corrected chi connectivity index (χ0v) is 11.1. The van der Waals surface area contributed by atoms with E-state index < -0.39 is 10.8 Å². The normalized spacial score (nSPS) is 10.3. The molecule has 0 unspecified atom stereocenters. The topological polar surface area (TPSA) is 140 Å². The van der Waals surface area contributed by atoms with Gasteiger partial charge in [0.1, 0.15) is 17.8 Å². The van der Waals surface area contributed by atoms with E-state index in [-0.39, 0.29) is 11.3 Å². The number of nitro groups is 1. The molecule has 21 heavy (non-hydrogen) atoms. The van der Waals surface area contributed by atoms with Crippen molar-refractivity contribution in [1.29, 1.82) is 0 Å². The molecule has 0 bridgehead atoms. The standard InChI is InChI=1S/C12H14N6O3/c13-12(19)8-3-4-9(10(6-8)18(20)21)14-5-1-2-11-15-7-16-17-11/h3-4,6-7,14H,1-2,5H2,(H2,13,19)(H,15,16,17). The molecule has 0 saturated carbocycles. The van der Waals surface area contributed by atoms with E-state index in [0.717, 1.165) is 12.2 Å². The van der Waals surface area contributed by atoms with Crippen molar-refractivity contribution in [3.8, 4) is 0 Å². The molecule has 1 amide bonds. The van der Waals surface area contributed by atoms with Crippen molar-refractivity contribution in [3.05, 3.63) is 46.0 Å². The summed E-state index contributed by atoms with van der Waals surface area (Å²) in [4.78, 5) is 25.5. The van der Waals surface area contributed by atoms with Crippen LogP contribution in [0.25, 0.3) is 0 Å². The van der Waals surface area contributed by atoms with Gasteiger partial charge in [-0.25, -0.2) is 4.98 Å². The van der Waals surface area contributed by atoms with E-state index in [9.17, 15) is 14.9 Å². The Kier molecular flexibility index (Phi) is 4.44. The fraction of sp³-hybridized carbons (Fsp3) is 0.250. The van der Waals surface area contributed by atoms with Crippen molar-refractivity contribution in [2.75, 3.05) is 11.9 Å². The number of carbonyl (C=O) groups is 1. The van der Waals surface area contributed by atoms with Crippen LogP contribution >= 0.6 is 0 Å². The molecule has 1 aromatic heterocycles. The number of hydrogen-bond donors (Lipinski definition) is 3. The van der Waals surface area contributed by atoms with Crippen molar-refractivity contribution in [2.45, 2.75) is 12.8 Å². The van der Waals surface area contributed by atoms with Gasteiger partial charge in [0.25, 0.3) is 5.69 Å². The molecule has 4 N–H and O–H groups in total. The number of rotatable bonds is 7. The zero-order valence-electron chi connectivity index (χ0n) is 11.1. The van der Waals surface area contributed by atoms with Gasteiger partial charge < -0.3 is 11.1 Å². The van der Waals surface area contributed by atoms with Crippen LogP contribution in [0, 0.1) is 10.1 Å². The maximum absolute atomic E-state index is 11.0. The van der Waals surface area contributed by atoms with Crippen LogP contribution in [0.3, 0.4) is 0 Å². The summed E-state index contributed by atoms with van der Waals surface area (Å²) in [6.45, 7) is 0.525. The van der Waals surface area contributed by atoms with E-state index in [0.29, 0.717) is 18.7 Å². The molecule has 0 aliphatic carbocycles. The van der Waals surface area contributed by atoms with Gasteiger partial charge in [0.05, 0.1) is 4.92 Å². The minimum absolute atomic E-state index is 0.105. The first-order valence-electron chi connectivity index (χ1n) is 6.24. The number of aryl methyl sites for hydroxylation is 1. The van der Waals surface area contributed by atoms with Crippen molar-refractivity contribution >= 4 is 17.3 Å². The minimum Gasteiger partial charge on any atom is -0.379 e. The van der Waals surface area contributed by atoms with Gasteiger partial charge in [-0.3, -0.25) is 20.0 Å². The number of nitro benzene ring substituents is 1. The molecule has 0 fully saturated rings. The molecule has 2 aromatic rings. The number of anilines is 1. The molecular formula is C12H14N6O3. The van der Waals surface area contributed by atoms with Crippen LogP contribution in [0.15, 0.2) is 24.5 Å². The van der Waals surface area contributed by atoms with Gasteiger partial charge >= 0.3 is 0 Å². The van der Waals surface area contributed by atoms with E-state index in [1.165, 1.54) is 24.5 Å². The molecule has 1 heterocycles. The highest BCUT2D eigenvalue weighted by Gasteiger charge is 2.16. The highest BCUT2D eigenvalue weighted by Crippen LogP contribution is 2.25. The van der Waals surface area contributed by atoms with Gasteiger partial charge in [-0.1, -0.05) is 0 Å². The predicted octanol–water partition coefficient (Wildman–Crippen LogP) is 0.856. The van der Waals surface area contributed by atoms with Crippen molar-refractivity contribution in [1.82, 2.24) is 15.2 Å². The molecule has 0 radical (unpaired) electrons. The highest BCUT2D eigenvalue weighted by molar-refractivity contribution is 5.94. The Bertz CT molecular complexity index is 640. The van der Waals surface area contributed by atoms with E-state index >= 15 is 0 Å². The van der Waals surface area contributed by atoms with E-state index in [1.807, 2.05) is 0 Å². The third-order valence-corrected chi connectivity index (χ3v) is 2.85. The maximum atomic E-state index is 11.0. The molecule has 2 rings (SSSR count). The molecule has 0 atom stereocenters. The summed E-state index contributed by atoms with van der Waals surface area (Å²) >= 11 is 0. The summed E-state index contributed by atoms with van der Waals surface area (Å²) in [6, 6.07) is 4.10. The van der Waals surface area contributed by atoms with Crippen LogP contribution in [0.2, 0.25) is 0 Å². The van der Waals surface area contributed by atoms with E-state index in [4.69, 9.17) is 5.73 Å². The Labute approximate surface area is 119 Å². The quantitative estimate of drug-likeness (QED) is 0.392. The number of aromatic amines is 1. The summed E-state index contributed by atoms with van der Waals surface area (Å²) in [7, 11) is 0. The van der Waals surface area contributed by atoms with Gasteiger partial charge in [-0.05, 0) is 18.6 Å². The second-order valence-corrected chi connectivity index (χ2v) is 4.32. The van der Waals surface area contributed by atoms with Gasteiger partial charge in [-0.15, -0.1) is 0 Å². The number of benzene rings is 1. The largest absolute Gasteiger partial charge is 0.379 e. The third kappa shape index (κ3) is 3.75. The Balaban J connectivity index is 1.98. The first-order chi connectivity index (χ1) is 10.1. The monoisotopic (exact) mass is 290 g/mol. The van der Waals surface area contributed by atoms with Crippen LogP contribution in [-0.2, 0) is 6.42 Å². The number of amides is 1. The lowest BCUT2D eigenvalue weighted by Gasteiger charge is -2.07. The molecule has 0 spiro atoms. The summed E-state index contributed by atoms with van der Waals surface area (Å²) in [5.74, 6) is 0.0605. The van der Waals surface area contributed by atoms with Crippen LogP contribution in [-0.4, -0.2) is 32.6 Å². The first kappa shape index (κ1) is 14.4. The molecule has 110 valence electrons. The average molecular weight is 290 g/mol. The fourth-order valence-electron chi connectivity index (χ4n) is 1.82. The molecule has 1 aromatic carbocycles. The summed E-state index contributed by atoms with van der Waals surface area (Å²) in [6.07, 6.45) is 2.83. The summed E-state index contributed by atoms with van der Waals surface area (Å²) in [5.41, 5.74) is 5.39. The molecule has 0 aliphatic rings. The molecule has 9 heteroatoms. The second-order valence-electron chi connectivity index (χ2n) is 4.32. The number of nitrogens with one attached hydrogen (secondary N) is 2. The number of primary amides is 1. The zero-order chi connectivity index (χ0) is 15.2. The lowest BCUT2D eigenvalue weighted by molar-refractivity contribution is -0.384. The molecule has 0 saturated heterocycles. The third-order valence-electron chi connectivity index (χ3n) is 2.85. The summed E-state index contributed by atoms with van der Waals surface area (Å²) < 4.78 is 0. The number of nitrogens with zero attached hydrogens (tertiary/aromatic N) is 3. The number of H-pyrrole nitrogens is 1. The lowest BCUT2D eigenvalue weighted by Crippen LogP contribution is -2.12.